The molecular weight excluding hydrogens is 238 g/mol. The lowest BCUT2D eigenvalue weighted by atomic mass is 9.62. The maximum atomic E-state index is 12.6. The van der Waals surface area contributed by atoms with Crippen molar-refractivity contribution in [2.75, 3.05) is 33.2 Å². The van der Waals surface area contributed by atoms with E-state index in [-0.39, 0.29) is 11.3 Å². The smallest absolute Gasteiger partial charge is 0.229 e. The molecule has 1 saturated heterocycles. The molecule has 0 spiro atoms. The summed E-state index contributed by atoms with van der Waals surface area (Å²) < 4.78 is 0. The van der Waals surface area contributed by atoms with Crippen LogP contribution in [-0.2, 0) is 4.79 Å². The van der Waals surface area contributed by atoms with Crippen LogP contribution in [0.4, 0.5) is 0 Å². The van der Waals surface area contributed by atoms with Gasteiger partial charge in [0.1, 0.15) is 0 Å². The molecule has 1 aliphatic heterocycles. The molecule has 1 amide bonds. The van der Waals surface area contributed by atoms with Gasteiger partial charge in [0.2, 0.25) is 5.91 Å². The van der Waals surface area contributed by atoms with E-state index in [4.69, 9.17) is 5.73 Å². The Balaban J connectivity index is 1.92. The van der Waals surface area contributed by atoms with Gasteiger partial charge in [-0.2, -0.15) is 0 Å². The molecule has 2 fully saturated rings. The Morgan fingerprint density at radius 2 is 2.16 bits per heavy atom. The van der Waals surface area contributed by atoms with Crippen molar-refractivity contribution in [2.24, 2.45) is 17.1 Å². The van der Waals surface area contributed by atoms with E-state index in [1.807, 2.05) is 11.9 Å². The first-order valence-electron chi connectivity index (χ1n) is 7.72. The molecule has 4 heteroatoms. The summed E-state index contributed by atoms with van der Waals surface area (Å²) in [6.07, 6.45) is 4.42. The minimum atomic E-state index is -0.246. The number of likely N-dealkylation sites (tertiary alicyclic amines) is 1. The molecule has 1 aliphatic carbocycles. The number of carbonyl (C=O) groups excluding carboxylic acids is 1. The number of rotatable bonds is 5. The van der Waals surface area contributed by atoms with E-state index in [2.05, 4.69) is 18.7 Å². The molecule has 1 unspecified atom stereocenters. The third kappa shape index (κ3) is 2.79. The molecule has 1 saturated carbocycles. The van der Waals surface area contributed by atoms with E-state index >= 15 is 0 Å². The van der Waals surface area contributed by atoms with Gasteiger partial charge in [-0.15, -0.1) is 0 Å². The molecule has 110 valence electrons. The number of nitrogens with two attached hydrogens (primary N) is 1. The zero-order chi connectivity index (χ0) is 14.0. The summed E-state index contributed by atoms with van der Waals surface area (Å²) in [4.78, 5) is 17.1. The highest BCUT2D eigenvalue weighted by Gasteiger charge is 2.48. The predicted molar refractivity (Wildman–Crippen MR) is 77.8 cm³/mol. The van der Waals surface area contributed by atoms with Crippen LogP contribution >= 0.6 is 0 Å². The predicted octanol–water partition coefficient (Wildman–Crippen LogP) is 1.30. The summed E-state index contributed by atoms with van der Waals surface area (Å²) in [6.45, 7) is 8.05. The molecule has 0 radical (unpaired) electrons. The van der Waals surface area contributed by atoms with Crippen molar-refractivity contribution in [2.45, 2.75) is 45.6 Å². The van der Waals surface area contributed by atoms with Crippen molar-refractivity contribution in [1.82, 2.24) is 9.80 Å². The summed E-state index contributed by atoms with van der Waals surface area (Å²) in [7, 11) is 1.95. The maximum Gasteiger partial charge on any atom is 0.229 e. The quantitative estimate of drug-likeness (QED) is 0.817. The van der Waals surface area contributed by atoms with Gasteiger partial charge in [-0.05, 0) is 44.7 Å². The Labute approximate surface area is 117 Å². The van der Waals surface area contributed by atoms with Gasteiger partial charge in [0.25, 0.3) is 0 Å². The van der Waals surface area contributed by atoms with E-state index < -0.39 is 0 Å². The van der Waals surface area contributed by atoms with Gasteiger partial charge in [0.15, 0.2) is 0 Å². The van der Waals surface area contributed by atoms with E-state index in [9.17, 15) is 4.79 Å². The van der Waals surface area contributed by atoms with Crippen molar-refractivity contribution in [3.63, 3.8) is 0 Å². The Hall–Kier alpha value is -0.610. The first-order chi connectivity index (χ1) is 9.02. The van der Waals surface area contributed by atoms with Crippen LogP contribution in [0.2, 0.25) is 0 Å². The molecule has 0 bridgehead atoms. The Kier molecular flexibility index (Phi) is 4.51. The van der Waals surface area contributed by atoms with Crippen LogP contribution in [0.15, 0.2) is 0 Å². The Bertz CT molecular complexity index is 325. The SMILES string of the molecule is CCN1CCCC1CN(C)C(=O)C1(CN)CC(C)C1. The lowest BCUT2D eigenvalue weighted by Gasteiger charge is -2.46. The second-order valence-corrected chi connectivity index (χ2v) is 6.61. The van der Waals surface area contributed by atoms with Crippen molar-refractivity contribution in [3.05, 3.63) is 0 Å². The normalized spacial score (nSPS) is 35.2. The summed E-state index contributed by atoms with van der Waals surface area (Å²) in [5.74, 6) is 0.926. The van der Waals surface area contributed by atoms with Crippen LogP contribution in [0, 0.1) is 11.3 Å². The summed E-state index contributed by atoms with van der Waals surface area (Å²) in [5, 5.41) is 0. The molecule has 0 aromatic heterocycles. The number of carbonyl (C=O) groups is 1. The number of hydrogen-bond acceptors (Lipinski definition) is 3. The number of amides is 1. The minimum absolute atomic E-state index is 0.246. The van der Waals surface area contributed by atoms with Crippen molar-refractivity contribution >= 4 is 5.91 Å². The van der Waals surface area contributed by atoms with Gasteiger partial charge in [-0.3, -0.25) is 9.69 Å². The molecule has 19 heavy (non-hydrogen) atoms. The first kappa shape index (κ1) is 14.8. The van der Waals surface area contributed by atoms with Crippen LogP contribution in [0.1, 0.15) is 39.5 Å². The fraction of sp³-hybridized carbons (Fsp3) is 0.933. The lowest BCUT2D eigenvalue weighted by molar-refractivity contribution is -0.148. The standard InChI is InChI=1S/C15H29N3O/c1-4-18-7-5-6-13(18)10-17(3)14(19)15(11-16)8-12(2)9-15/h12-13H,4-11,16H2,1-3H3. The van der Waals surface area contributed by atoms with Crippen LogP contribution in [0.3, 0.4) is 0 Å². The van der Waals surface area contributed by atoms with Crippen LogP contribution < -0.4 is 5.73 Å². The molecule has 2 rings (SSSR count). The van der Waals surface area contributed by atoms with Crippen molar-refractivity contribution in [1.29, 1.82) is 0 Å². The topological polar surface area (TPSA) is 49.6 Å². The highest BCUT2D eigenvalue weighted by molar-refractivity contribution is 5.83. The van der Waals surface area contributed by atoms with E-state index in [1.165, 1.54) is 19.4 Å². The molecule has 2 N–H and O–H groups in total. The molecule has 1 heterocycles. The fourth-order valence-electron chi connectivity index (χ4n) is 4.03. The second kappa shape index (κ2) is 5.80. The fourth-order valence-corrected chi connectivity index (χ4v) is 4.03. The van der Waals surface area contributed by atoms with E-state index in [0.29, 0.717) is 18.5 Å². The third-order valence-electron chi connectivity index (χ3n) is 5.06. The molecule has 0 aromatic carbocycles. The minimum Gasteiger partial charge on any atom is -0.344 e. The van der Waals surface area contributed by atoms with Gasteiger partial charge in [-0.25, -0.2) is 0 Å². The highest BCUT2D eigenvalue weighted by Crippen LogP contribution is 2.45. The third-order valence-corrected chi connectivity index (χ3v) is 5.06. The first-order valence-corrected chi connectivity index (χ1v) is 7.72. The monoisotopic (exact) mass is 267 g/mol. The van der Waals surface area contributed by atoms with Crippen molar-refractivity contribution < 1.29 is 4.79 Å². The highest BCUT2D eigenvalue weighted by atomic mass is 16.2. The van der Waals surface area contributed by atoms with Crippen LogP contribution in [-0.4, -0.2) is 55.0 Å². The van der Waals surface area contributed by atoms with E-state index in [0.717, 1.165) is 25.9 Å². The second-order valence-electron chi connectivity index (χ2n) is 6.61. The maximum absolute atomic E-state index is 12.6. The van der Waals surface area contributed by atoms with Gasteiger partial charge >= 0.3 is 0 Å². The molecule has 2 aliphatic rings. The zero-order valence-electron chi connectivity index (χ0n) is 12.7. The van der Waals surface area contributed by atoms with Crippen molar-refractivity contribution in [3.8, 4) is 0 Å². The summed E-state index contributed by atoms with van der Waals surface area (Å²) in [6, 6.07) is 0.547. The van der Waals surface area contributed by atoms with Gasteiger partial charge < -0.3 is 10.6 Å². The number of hydrogen-bond donors (Lipinski definition) is 1. The number of nitrogens with zero attached hydrogens (tertiary/aromatic N) is 2. The molecule has 1 atom stereocenters. The van der Waals surface area contributed by atoms with Gasteiger partial charge in [-0.1, -0.05) is 13.8 Å². The summed E-state index contributed by atoms with van der Waals surface area (Å²) in [5.41, 5.74) is 5.63. The number of likely N-dealkylation sites (N-methyl/N-ethyl adjacent to an activating group) is 2. The Morgan fingerprint density at radius 1 is 1.47 bits per heavy atom. The van der Waals surface area contributed by atoms with Gasteiger partial charge in [0, 0.05) is 26.2 Å². The largest absolute Gasteiger partial charge is 0.344 e. The Morgan fingerprint density at radius 3 is 2.68 bits per heavy atom. The molecular formula is C15H29N3O. The lowest BCUT2D eigenvalue weighted by Crippen LogP contribution is -2.55. The van der Waals surface area contributed by atoms with Crippen LogP contribution in [0.5, 0.6) is 0 Å². The average molecular weight is 267 g/mol. The van der Waals surface area contributed by atoms with E-state index in [1.54, 1.807) is 0 Å². The zero-order valence-corrected chi connectivity index (χ0v) is 12.7. The average Bonchev–Trinajstić information content (AvgIpc) is 2.81. The summed E-state index contributed by atoms with van der Waals surface area (Å²) >= 11 is 0. The molecule has 4 nitrogen and oxygen atoms in total. The van der Waals surface area contributed by atoms with Gasteiger partial charge in [0.05, 0.1) is 5.41 Å². The molecule has 0 aromatic rings. The van der Waals surface area contributed by atoms with Crippen LogP contribution in [0.25, 0.3) is 0 Å².